The van der Waals surface area contributed by atoms with Gasteiger partial charge in [-0.1, -0.05) is 0 Å². The average molecular weight is 271 g/mol. The summed E-state index contributed by atoms with van der Waals surface area (Å²) < 4.78 is 30.7. The molecule has 1 saturated heterocycles. The van der Waals surface area contributed by atoms with Gasteiger partial charge in [0.05, 0.1) is 18.1 Å². The van der Waals surface area contributed by atoms with E-state index in [2.05, 4.69) is 9.97 Å². The van der Waals surface area contributed by atoms with Gasteiger partial charge >= 0.3 is 0 Å². The Morgan fingerprint density at radius 2 is 2.33 bits per heavy atom. The van der Waals surface area contributed by atoms with Crippen molar-refractivity contribution in [2.75, 3.05) is 25.4 Å². The fourth-order valence-corrected chi connectivity index (χ4v) is 2.97. The Bertz CT molecular complexity index is 518. The number of nitrogens with zero attached hydrogens (tertiary/aromatic N) is 3. The van der Waals surface area contributed by atoms with Crippen LogP contribution in [-0.4, -0.2) is 48.1 Å². The van der Waals surface area contributed by atoms with Crippen LogP contribution in [-0.2, 0) is 14.8 Å². The third-order valence-corrected chi connectivity index (χ3v) is 4.76. The van der Waals surface area contributed by atoms with Gasteiger partial charge in [-0.3, -0.25) is 0 Å². The molecule has 0 spiro atoms. The Hall–Kier alpha value is -1.05. The molecule has 0 saturated carbocycles. The van der Waals surface area contributed by atoms with Crippen molar-refractivity contribution in [2.45, 2.75) is 20.0 Å². The molecular formula is C11H17N3O3S. The molecule has 2 heterocycles. The number of sulfonamides is 1. The van der Waals surface area contributed by atoms with Crippen LogP contribution in [0.3, 0.4) is 0 Å². The highest BCUT2D eigenvalue weighted by molar-refractivity contribution is 7.89. The van der Waals surface area contributed by atoms with Gasteiger partial charge in [0.25, 0.3) is 0 Å². The highest BCUT2D eigenvalue weighted by atomic mass is 32.2. The van der Waals surface area contributed by atoms with Crippen LogP contribution in [0.5, 0.6) is 0 Å². The topological polar surface area (TPSA) is 72.4 Å². The number of hydrogen-bond acceptors (Lipinski definition) is 5. The first kappa shape index (κ1) is 13.4. The lowest BCUT2D eigenvalue weighted by molar-refractivity contribution is -0.00504. The molecule has 1 aliphatic rings. The zero-order chi connectivity index (χ0) is 13.2. The zero-order valence-corrected chi connectivity index (χ0v) is 11.4. The normalized spacial score (nSPS) is 22.0. The summed E-state index contributed by atoms with van der Waals surface area (Å²) in [6, 6.07) is 1.76. The van der Waals surface area contributed by atoms with E-state index < -0.39 is 10.0 Å². The first-order valence-electron chi connectivity index (χ1n) is 5.92. The van der Waals surface area contributed by atoms with Gasteiger partial charge < -0.3 is 4.74 Å². The maximum Gasteiger partial charge on any atom is 0.214 e. The molecule has 1 aromatic heterocycles. The third kappa shape index (κ3) is 2.85. The molecule has 1 atom stereocenters. The fourth-order valence-electron chi connectivity index (χ4n) is 1.89. The Morgan fingerprint density at radius 1 is 1.56 bits per heavy atom. The van der Waals surface area contributed by atoms with E-state index in [1.807, 2.05) is 0 Å². The average Bonchev–Trinajstić information content (AvgIpc) is 2.39. The van der Waals surface area contributed by atoms with Crippen LogP contribution in [0, 0.1) is 6.92 Å². The molecule has 0 radical (unpaired) electrons. The predicted molar refractivity (Wildman–Crippen MR) is 66.5 cm³/mol. The van der Waals surface area contributed by atoms with Crippen LogP contribution < -0.4 is 0 Å². The third-order valence-electron chi connectivity index (χ3n) is 2.91. The lowest BCUT2D eigenvalue weighted by Gasteiger charge is -2.31. The van der Waals surface area contributed by atoms with E-state index in [0.29, 0.717) is 25.5 Å². The van der Waals surface area contributed by atoms with Gasteiger partial charge in [-0.15, -0.1) is 0 Å². The quantitative estimate of drug-likeness (QED) is 0.801. The number of hydrogen-bond donors (Lipinski definition) is 0. The van der Waals surface area contributed by atoms with Crippen molar-refractivity contribution >= 4 is 10.0 Å². The maximum atomic E-state index is 11.8. The maximum absolute atomic E-state index is 11.8. The molecular weight excluding hydrogens is 254 g/mol. The van der Waals surface area contributed by atoms with Crippen molar-refractivity contribution in [1.82, 2.24) is 14.3 Å². The van der Waals surface area contributed by atoms with Crippen molar-refractivity contribution in [2.24, 2.45) is 0 Å². The molecule has 7 heteroatoms. The molecule has 0 bridgehead atoms. The summed E-state index contributed by atoms with van der Waals surface area (Å²) in [5, 5.41) is 0. The molecule has 1 aromatic rings. The summed E-state index contributed by atoms with van der Waals surface area (Å²) in [5.41, 5.74) is 0.735. The summed E-state index contributed by atoms with van der Waals surface area (Å²) in [4.78, 5) is 8.30. The lowest BCUT2D eigenvalue weighted by atomic mass is 10.2. The Balaban J connectivity index is 2.17. The van der Waals surface area contributed by atoms with Crippen LogP contribution in [0.25, 0.3) is 0 Å². The van der Waals surface area contributed by atoms with Crippen molar-refractivity contribution < 1.29 is 13.2 Å². The molecule has 0 aromatic carbocycles. The summed E-state index contributed by atoms with van der Waals surface area (Å²) >= 11 is 0. The summed E-state index contributed by atoms with van der Waals surface area (Å²) in [6.07, 6.45) is 1.36. The molecule has 2 rings (SSSR count). The highest BCUT2D eigenvalue weighted by Gasteiger charge is 2.29. The molecule has 1 unspecified atom stereocenters. The van der Waals surface area contributed by atoms with Crippen molar-refractivity contribution in [3.63, 3.8) is 0 Å². The molecule has 0 amide bonds. The molecule has 100 valence electrons. The van der Waals surface area contributed by atoms with Crippen LogP contribution >= 0.6 is 0 Å². The molecule has 0 N–H and O–H groups in total. The van der Waals surface area contributed by atoms with Gasteiger partial charge in [-0.2, -0.15) is 4.31 Å². The summed E-state index contributed by atoms with van der Waals surface area (Å²) in [5.74, 6) is 0.772. The van der Waals surface area contributed by atoms with E-state index in [1.165, 1.54) is 4.31 Å². The van der Waals surface area contributed by atoms with Crippen molar-refractivity contribution in [3.05, 3.63) is 23.8 Å². The monoisotopic (exact) mass is 271 g/mol. The summed E-state index contributed by atoms with van der Waals surface area (Å²) in [7, 11) is -3.16. The van der Waals surface area contributed by atoms with Gasteiger partial charge in [-0.25, -0.2) is 18.4 Å². The smallest absolute Gasteiger partial charge is 0.214 e. The minimum Gasteiger partial charge on any atom is -0.369 e. The predicted octanol–water partition coefficient (Wildman–Crippen LogP) is 0.508. The van der Waals surface area contributed by atoms with Crippen molar-refractivity contribution in [1.29, 1.82) is 0 Å². The summed E-state index contributed by atoms with van der Waals surface area (Å²) in [6.45, 7) is 4.58. The fraction of sp³-hybridized carbons (Fsp3) is 0.636. The minimum absolute atomic E-state index is 0.114. The minimum atomic E-state index is -3.16. The van der Waals surface area contributed by atoms with Crippen LogP contribution in [0.4, 0.5) is 0 Å². The first-order valence-corrected chi connectivity index (χ1v) is 7.53. The van der Waals surface area contributed by atoms with Crippen molar-refractivity contribution in [3.8, 4) is 0 Å². The van der Waals surface area contributed by atoms with E-state index in [4.69, 9.17) is 4.74 Å². The molecule has 18 heavy (non-hydrogen) atoms. The number of aromatic nitrogens is 2. The Kier molecular flexibility index (Phi) is 3.94. The van der Waals surface area contributed by atoms with Gasteiger partial charge in [0.2, 0.25) is 10.0 Å². The molecule has 1 aliphatic heterocycles. The van der Waals surface area contributed by atoms with E-state index in [9.17, 15) is 8.42 Å². The van der Waals surface area contributed by atoms with Gasteiger partial charge in [-0.05, 0) is 19.9 Å². The van der Waals surface area contributed by atoms with E-state index in [-0.39, 0.29) is 11.9 Å². The zero-order valence-electron chi connectivity index (χ0n) is 10.5. The molecule has 6 nitrogen and oxygen atoms in total. The van der Waals surface area contributed by atoms with Crippen LogP contribution in [0.1, 0.15) is 24.5 Å². The lowest BCUT2D eigenvalue weighted by Crippen LogP contribution is -2.43. The van der Waals surface area contributed by atoms with E-state index in [0.717, 1.165) is 5.69 Å². The second kappa shape index (κ2) is 5.29. The van der Waals surface area contributed by atoms with Crippen LogP contribution in [0.2, 0.25) is 0 Å². The number of aryl methyl sites for hydroxylation is 1. The second-order valence-electron chi connectivity index (χ2n) is 4.15. The largest absolute Gasteiger partial charge is 0.369 e. The SMILES string of the molecule is CCS(=O)(=O)N1CCOC(c2ccnc(C)n2)C1. The highest BCUT2D eigenvalue weighted by Crippen LogP contribution is 2.22. The van der Waals surface area contributed by atoms with Gasteiger partial charge in [0, 0.05) is 19.3 Å². The Labute approximate surface area is 107 Å². The van der Waals surface area contributed by atoms with Gasteiger partial charge in [0.15, 0.2) is 0 Å². The first-order chi connectivity index (χ1) is 8.53. The number of rotatable bonds is 3. The number of morpholine rings is 1. The van der Waals surface area contributed by atoms with E-state index >= 15 is 0 Å². The molecule has 0 aliphatic carbocycles. The Morgan fingerprint density at radius 3 is 3.00 bits per heavy atom. The second-order valence-corrected chi connectivity index (χ2v) is 6.40. The van der Waals surface area contributed by atoms with Gasteiger partial charge in [0.1, 0.15) is 11.9 Å². The van der Waals surface area contributed by atoms with E-state index in [1.54, 1.807) is 26.1 Å². The van der Waals surface area contributed by atoms with Crippen LogP contribution in [0.15, 0.2) is 12.3 Å². The standard InChI is InChI=1S/C11H17N3O3S/c1-3-18(15,16)14-6-7-17-11(8-14)10-4-5-12-9(2)13-10/h4-5,11H,3,6-8H2,1-2H3. The number of ether oxygens (including phenoxy) is 1. The molecule has 1 fully saturated rings.